The molecule has 5 aromatic rings. The van der Waals surface area contributed by atoms with E-state index in [1.54, 1.807) is 6.20 Å². The number of nitrogens with zero attached hydrogens (tertiary/aromatic N) is 7. The lowest BCUT2D eigenvalue weighted by molar-refractivity contribution is 0.131. The summed E-state index contributed by atoms with van der Waals surface area (Å²) in [5.74, 6) is 1.15. The second kappa shape index (κ2) is 12.2. The maximum absolute atomic E-state index is 9.43. The number of likely N-dealkylation sites (tertiary alicyclic amines) is 2. The molecule has 0 bridgehead atoms. The molecule has 43 heavy (non-hydrogen) atoms. The van der Waals surface area contributed by atoms with Gasteiger partial charge in [0.2, 0.25) is 0 Å². The SMILES string of the molecule is CC.N#CN1CCCC2(CCN(Cc3ccc(-n4c(-c5cccnc5N)nc5ccc(-c6ccccc6)nc54)cc3)C2)C1. The molecule has 2 fully saturated rings. The standard InChI is InChI=1S/C33H32N8.C2H6/c34-23-40-18-5-15-33(22-40)16-19-39(21-33)20-24-9-11-26(12-10-24)41-31(27-8-4-17-36-30(27)35)38-29-14-13-28(37-32(29)41)25-6-2-1-3-7-25;1-2/h1-4,6-14,17H,5,15-16,18-22H2,(H2,35,36);1-2H3. The zero-order valence-corrected chi connectivity index (χ0v) is 24.9. The predicted octanol–water partition coefficient (Wildman–Crippen LogP) is 6.53. The van der Waals surface area contributed by atoms with Gasteiger partial charge < -0.3 is 10.6 Å². The molecule has 7 rings (SSSR count). The van der Waals surface area contributed by atoms with Crippen LogP contribution in [0, 0.1) is 16.9 Å². The fourth-order valence-corrected chi connectivity index (χ4v) is 6.56. The normalized spacial score (nSPS) is 18.4. The van der Waals surface area contributed by atoms with Gasteiger partial charge in [0.25, 0.3) is 0 Å². The third-order valence-electron chi connectivity index (χ3n) is 8.57. The smallest absolute Gasteiger partial charge is 0.179 e. The van der Waals surface area contributed by atoms with Gasteiger partial charge in [-0.15, -0.1) is 0 Å². The molecule has 0 radical (unpaired) electrons. The Bertz CT molecular complexity index is 1740. The van der Waals surface area contributed by atoms with Crippen molar-refractivity contribution in [3.8, 4) is 34.5 Å². The lowest BCUT2D eigenvalue weighted by Gasteiger charge is -2.37. The second-order valence-corrected chi connectivity index (χ2v) is 11.4. The molecule has 2 aliphatic rings. The molecule has 0 saturated carbocycles. The number of nitriles is 1. The van der Waals surface area contributed by atoms with Crippen molar-refractivity contribution in [1.82, 2.24) is 29.3 Å². The summed E-state index contributed by atoms with van der Waals surface area (Å²) in [6, 6.07) is 26.8. The Morgan fingerprint density at radius 2 is 1.70 bits per heavy atom. The number of hydrogen-bond donors (Lipinski definition) is 1. The van der Waals surface area contributed by atoms with Gasteiger partial charge in [0, 0.05) is 49.0 Å². The molecule has 1 atom stereocenters. The summed E-state index contributed by atoms with van der Waals surface area (Å²) in [6.45, 7) is 8.82. The zero-order valence-electron chi connectivity index (χ0n) is 24.9. The number of nitrogen functional groups attached to an aromatic ring is 1. The minimum Gasteiger partial charge on any atom is -0.383 e. The molecule has 2 N–H and O–H groups in total. The van der Waals surface area contributed by atoms with Crippen molar-refractivity contribution in [3.63, 3.8) is 0 Å². The molecule has 1 unspecified atom stereocenters. The molecule has 0 amide bonds. The first kappa shape index (κ1) is 28.4. The minimum absolute atomic E-state index is 0.254. The van der Waals surface area contributed by atoms with Crippen LogP contribution in [0.25, 0.3) is 39.5 Å². The first-order valence-corrected chi connectivity index (χ1v) is 15.2. The van der Waals surface area contributed by atoms with Crippen LogP contribution < -0.4 is 5.73 Å². The Hall–Kier alpha value is -4.74. The van der Waals surface area contributed by atoms with Gasteiger partial charge in [-0.1, -0.05) is 56.3 Å². The predicted molar refractivity (Wildman–Crippen MR) is 172 cm³/mol. The van der Waals surface area contributed by atoms with Crippen molar-refractivity contribution in [2.24, 2.45) is 5.41 Å². The van der Waals surface area contributed by atoms with Crippen molar-refractivity contribution in [3.05, 3.63) is 90.6 Å². The number of hydrogen-bond acceptors (Lipinski definition) is 7. The summed E-state index contributed by atoms with van der Waals surface area (Å²) in [5, 5.41) is 9.43. The average Bonchev–Trinajstić information content (AvgIpc) is 3.63. The topological polar surface area (TPSA) is 99.9 Å². The number of aromatic nitrogens is 4. The number of imidazole rings is 1. The van der Waals surface area contributed by atoms with E-state index in [2.05, 4.69) is 57.0 Å². The van der Waals surface area contributed by atoms with Crippen LogP contribution in [0.4, 0.5) is 5.82 Å². The van der Waals surface area contributed by atoms with Gasteiger partial charge in [-0.3, -0.25) is 9.47 Å². The number of rotatable bonds is 5. The number of piperidine rings is 1. The summed E-state index contributed by atoms with van der Waals surface area (Å²) in [4.78, 5) is 18.8. The van der Waals surface area contributed by atoms with Crippen LogP contribution in [-0.4, -0.2) is 55.5 Å². The number of anilines is 1. The Kier molecular flexibility index (Phi) is 8.08. The highest BCUT2D eigenvalue weighted by Gasteiger charge is 2.41. The number of fused-ring (bicyclic) bond motifs is 1. The summed E-state index contributed by atoms with van der Waals surface area (Å²) in [7, 11) is 0. The molecule has 2 aliphatic heterocycles. The van der Waals surface area contributed by atoms with Gasteiger partial charge in [-0.2, -0.15) is 5.26 Å². The van der Waals surface area contributed by atoms with Crippen LogP contribution >= 0.6 is 0 Å². The third-order valence-corrected chi connectivity index (χ3v) is 8.57. The zero-order chi connectivity index (χ0) is 29.8. The largest absolute Gasteiger partial charge is 0.383 e. The molecule has 8 heteroatoms. The maximum Gasteiger partial charge on any atom is 0.179 e. The van der Waals surface area contributed by atoms with E-state index in [0.29, 0.717) is 5.82 Å². The van der Waals surface area contributed by atoms with E-state index >= 15 is 0 Å². The van der Waals surface area contributed by atoms with Crippen LogP contribution in [0.1, 0.15) is 38.7 Å². The fraction of sp³-hybridized carbons (Fsp3) is 0.314. The van der Waals surface area contributed by atoms with Gasteiger partial charge in [0.1, 0.15) is 11.3 Å². The highest BCUT2D eigenvalue weighted by molar-refractivity contribution is 5.84. The van der Waals surface area contributed by atoms with E-state index < -0.39 is 0 Å². The van der Waals surface area contributed by atoms with E-state index in [9.17, 15) is 5.26 Å². The highest BCUT2D eigenvalue weighted by Crippen LogP contribution is 2.39. The van der Waals surface area contributed by atoms with Crippen LogP contribution in [0.5, 0.6) is 0 Å². The minimum atomic E-state index is 0.254. The van der Waals surface area contributed by atoms with Gasteiger partial charge in [-0.05, 0) is 67.8 Å². The van der Waals surface area contributed by atoms with Gasteiger partial charge >= 0.3 is 0 Å². The van der Waals surface area contributed by atoms with Crippen molar-refractivity contribution < 1.29 is 0 Å². The summed E-state index contributed by atoms with van der Waals surface area (Å²) in [6.07, 6.45) is 7.56. The summed E-state index contributed by atoms with van der Waals surface area (Å²) in [5.41, 5.74) is 13.1. The Balaban J connectivity index is 0.00000161. The molecule has 8 nitrogen and oxygen atoms in total. The van der Waals surface area contributed by atoms with Crippen molar-refractivity contribution in [1.29, 1.82) is 5.26 Å². The van der Waals surface area contributed by atoms with Gasteiger partial charge in [-0.25, -0.2) is 15.0 Å². The first-order valence-electron chi connectivity index (χ1n) is 15.2. The Morgan fingerprint density at radius 3 is 2.47 bits per heavy atom. The summed E-state index contributed by atoms with van der Waals surface area (Å²) >= 11 is 0. The molecule has 5 heterocycles. The lowest BCUT2D eigenvalue weighted by Crippen LogP contribution is -2.42. The monoisotopic (exact) mass is 570 g/mol. The molecule has 2 aromatic carbocycles. The van der Waals surface area contributed by atoms with Crippen LogP contribution in [0.2, 0.25) is 0 Å². The van der Waals surface area contributed by atoms with Crippen LogP contribution in [-0.2, 0) is 6.54 Å². The Morgan fingerprint density at radius 1 is 0.884 bits per heavy atom. The summed E-state index contributed by atoms with van der Waals surface area (Å²) < 4.78 is 2.09. The van der Waals surface area contributed by atoms with E-state index in [1.807, 2.05) is 61.2 Å². The van der Waals surface area contributed by atoms with Gasteiger partial charge in [0.15, 0.2) is 17.7 Å². The van der Waals surface area contributed by atoms with Gasteiger partial charge in [0.05, 0.1) is 11.3 Å². The second-order valence-electron chi connectivity index (χ2n) is 11.4. The van der Waals surface area contributed by atoms with Crippen LogP contribution in [0.3, 0.4) is 0 Å². The maximum atomic E-state index is 9.43. The molecule has 1 spiro atoms. The molecular formula is C35H38N8. The fourth-order valence-electron chi connectivity index (χ4n) is 6.56. The van der Waals surface area contributed by atoms with Crippen LogP contribution in [0.15, 0.2) is 85.1 Å². The molecule has 218 valence electrons. The number of nitrogens with two attached hydrogens (primary N) is 1. The van der Waals surface area contributed by atoms with E-state index in [1.165, 1.54) is 12.0 Å². The third kappa shape index (κ3) is 5.69. The molecular weight excluding hydrogens is 532 g/mol. The molecule has 3 aromatic heterocycles. The first-order chi connectivity index (χ1) is 21.1. The lowest BCUT2D eigenvalue weighted by atomic mass is 9.79. The quantitative estimate of drug-likeness (QED) is 0.240. The molecule has 0 aliphatic carbocycles. The average molecular weight is 571 g/mol. The van der Waals surface area contributed by atoms with Crippen molar-refractivity contribution in [2.75, 3.05) is 31.9 Å². The Labute approximate surface area is 253 Å². The van der Waals surface area contributed by atoms with E-state index in [-0.39, 0.29) is 5.41 Å². The molecule has 2 saturated heterocycles. The highest BCUT2D eigenvalue weighted by atomic mass is 15.2. The number of benzene rings is 2. The van der Waals surface area contributed by atoms with Crippen molar-refractivity contribution in [2.45, 2.75) is 39.7 Å². The van der Waals surface area contributed by atoms with Crippen molar-refractivity contribution >= 4 is 17.0 Å². The number of pyridine rings is 2. The van der Waals surface area contributed by atoms with E-state index in [0.717, 1.165) is 85.1 Å². The van der Waals surface area contributed by atoms with E-state index in [4.69, 9.17) is 15.7 Å².